The summed E-state index contributed by atoms with van der Waals surface area (Å²) >= 11 is 0. The van der Waals surface area contributed by atoms with E-state index in [2.05, 4.69) is 22.1 Å². The zero-order valence-corrected chi connectivity index (χ0v) is 11.2. The first kappa shape index (κ1) is 11.9. The number of aromatic amines is 1. The second-order valence-corrected chi connectivity index (χ2v) is 4.98. The van der Waals surface area contributed by atoms with Crippen LogP contribution >= 0.6 is 0 Å². The highest BCUT2D eigenvalue weighted by Gasteiger charge is 2.14. The molecule has 0 spiro atoms. The summed E-state index contributed by atoms with van der Waals surface area (Å²) in [4.78, 5) is 19.1. The largest absolute Gasteiger partial charge is 0.353 e. The second-order valence-electron chi connectivity index (χ2n) is 4.98. The summed E-state index contributed by atoms with van der Waals surface area (Å²) in [6.07, 6.45) is 4.40. The van der Waals surface area contributed by atoms with Gasteiger partial charge in [-0.25, -0.2) is 0 Å². The number of nitrogens with zero attached hydrogens (tertiary/aromatic N) is 1. The lowest BCUT2D eigenvalue weighted by atomic mass is 10.0. The van der Waals surface area contributed by atoms with Gasteiger partial charge in [0.25, 0.3) is 0 Å². The molecule has 4 rings (SSSR count). The fourth-order valence-corrected chi connectivity index (χ4v) is 2.82. The van der Waals surface area contributed by atoms with E-state index in [1.165, 1.54) is 0 Å². The van der Waals surface area contributed by atoms with Gasteiger partial charge in [0.05, 0.1) is 11.2 Å². The van der Waals surface area contributed by atoms with Crippen LogP contribution in [0.4, 0.5) is 0 Å². The number of H-pyrrole nitrogens is 1. The predicted molar refractivity (Wildman–Crippen MR) is 84.4 cm³/mol. The summed E-state index contributed by atoms with van der Waals surface area (Å²) < 4.78 is 0. The molecule has 0 saturated heterocycles. The third kappa shape index (κ3) is 1.75. The van der Waals surface area contributed by atoms with Crippen molar-refractivity contribution in [1.29, 1.82) is 0 Å². The van der Waals surface area contributed by atoms with Crippen molar-refractivity contribution >= 4 is 28.0 Å². The molecule has 100 valence electrons. The zero-order chi connectivity index (χ0) is 14.2. The number of benzene rings is 2. The molecule has 0 aliphatic rings. The van der Waals surface area contributed by atoms with E-state index in [9.17, 15) is 4.79 Å². The van der Waals surface area contributed by atoms with E-state index in [1.807, 2.05) is 36.4 Å². The number of fused-ring (bicyclic) bond motifs is 3. The Morgan fingerprint density at radius 1 is 0.952 bits per heavy atom. The van der Waals surface area contributed by atoms with Crippen molar-refractivity contribution in [2.24, 2.45) is 0 Å². The number of carbonyl (C=O) groups excluding carboxylic acids is 1. The lowest BCUT2D eigenvalue weighted by Gasteiger charge is -1.98. The Labute approximate surface area is 121 Å². The van der Waals surface area contributed by atoms with Crippen LogP contribution in [0.5, 0.6) is 0 Å². The van der Waals surface area contributed by atoms with Crippen LogP contribution in [0.15, 0.2) is 60.9 Å². The molecule has 2 aromatic heterocycles. The average Bonchev–Trinajstić information content (AvgIpc) is 2.94. The van der Waals surface area contributed by atoms with E-state index in [-0.39, 0.29) is 0 Å². The molecule has 0 saturated carbocycles. The van der Waals surface area contributed by atoms with Crippen LogP contribution in [0.25, 0.3) is 32.9 Å². The Bertz CT molecular complexity index is 955. The van der Waals surface area contributed by atoms with Crippen molar-refractivity contribution in [2.45, 2.75) is 0 Å². The number of hydrogen-bond donors (Lipinski definition) is 1. The minimum absolute atomic E-state index is 0.684. The first-order chi connectivity index (χ1) is 10.4. The molecule has 3 heteroatoms. The number of hydrogen-bond acceptors (Lipinski definition) is 2. The number of aldehydes is 1. The number of aromatic nitrogens is 2. The topological polar surface area (TPSA) is 45.8 Å². The van der Waals surface area contributed by atoms with Gasteiger partial charge in [0.15, 0.2) is 6.29 Å². The Balaban J connectivity index is 2.13. The van der Waals surface area contributed by atoms with Crippen LogP contribution in [0.2, 0.25) is 0 Å². The highest BCUT2D eigenvalue weighted by molar-refractivity contribution is 6.14. The maximum absolute atomic E-state index is 11.6. The van der Waals surface area contributed by atoms with Gasteiger partial charge >= 0.3 is 0 Å². The molecule has 0 aliphatic heterocycles. The third-order valence-corrected chi connectivity index (χ3v) is 3.81. The molecule has 0 amide bonds. The molecule has 21 heavy (non-hydrogen) atoms. The normalized spacial score (nSPS) is 11.0. The predicted octanol–water partition coefficient (Wildman–Crippen LogP) is 4.20. The van der Waals surface area contributed by atoms with Gasteiger partial charge in [-0.1, -0.05) is 36.4 Å². The first-order valence-corrected chi connectivity index (χ1v) is 6.77. The maximum Gasteiger partial charge on any atom is 0.152 e. The van der Waals surface area contributed by atoms with Gasteiger partial charge in [-0.05, 0) is 17.5 Å². The van der Waals surface area contributed by atoms with Gasteiger partial charge in [-0.15, -0.1) is 0 Å². The molecule has 0 atom stereocenters. The molecule has 1 N–H and O–H groups in total. The van der Waals surface area contributed by atoms with Crippen LogP contribution in [-0.4, -0.2) is 16.3 Å². The fourth-order valence-electron chi connectivity index (χ4n) is 2.82. The van der Waals surface area contributed by atoms with Crippen LogP contribution in [0.3, 0.4) is 0 Å². The van der Waals surface area contributed by atoms with Crippen molar-refractivity contribution in [2.75, 3.05) is 0 Å². The van der Waals surface area contributed by atoms with Crippen molar-refractivity contribution in [1.82, 2.24) is 9.97 Å². The lowest BCUT2D eigenvalue weighted by molar-refractivity contribution is 0.112. The summed E-state index contributed by atoms with van der Waals surface area (Å²) in [5.41, 5.74) is 3.42. The summed E-state index contributed by atoms with van der Waals surface area (Å²) in [6, 6.07) is 16.0. The Hall–Kier alpha value is -2.94. The van der Waals surface area contributed by atoms with E-state index in [4.69, 9.17) is 0 Å². The van der Waals surface area contributed by atoms with E-state index >= 15 is 0 Å². The molecular weight excluding hydrogens is 260 g/mol. The van der Waals surface area contributed by atoms with Gasteiger partial charge in [0, 0.05) is 34.3 Å². The second kappa shape index (κ2) is 4.56. The SMILES string of the molecule is O=Cc1c(-c2cccnc2)[nH]c2c1ccc1ccccc12. The van der Waals surface area contributed by atoms with E-state index < -0.39 is 0 Å². The summed E-state index contributed by atoms with van der Waals surface area (Å²) in [5.74, 6) is 0. The quantitative estimate of drug-likeness (QED) is 0.556. The Morgan fingerprint density at radius 2 is 1.86 bits per heavy atom. The minimum Gasteiger partial charge on any atom is -0.353 e. The molecule has 0 aliphatic carbocycles. The minimum atomic E-state index is 0.684. The highest BCUT2D eigenvalue weighted by Crippen LogP contribution is 2.32. The van der Waals surface area contributed by atoms with Crippen LogP contribution in [0, 0.1) is 0 Å². The van der Waals surface area contributed by atoms with Gasteiger partial charge in [0.1, 0.15) is 0 Å². The molecule has 0 unspecified atom stereocenters. The lowest BCUT2D eigenvalue weighted by Crippen LogP contribution is -1.84. The number of carbonyl (C=O) groups is 1. The van der Waals surface area contributed by atoms with Crippen molar-refractivity contribution < 1.29 is 4.79 Å². The molecule has 0 fully saturated rings. The molecule has 0 radical (unpaired) electrons. The van der Waals surface area contributed by atoms with Crippen LogP contribution < -0.4 is 0 Å². The van der Waals surface area contributed by atoms with E-state index in [0.29, 0.717) is 5.56 Å². The highest BCUT2D eigenvalue weighted by atomic mass is 16.1. The van der Waals surface area contributed by atoms with Crippen LogP contribution in [0.1, 0.15) is 10.4 Å². The average molecular weight is 272 g/mol. The van der Waals surface area contributed by atoms with E-state index in [1.54, 1.807) is 12.4 Å². The van der Waals surface area contributed by atoms with Crippen LogP contribution in [-0.2, 0) is 0 Å². The van der Waals surface area contributed by atoms with Crippen molar-refractivity contribution in [3.05, 3.63) is 66.5 Å². The molecule has 3 nitrogen and oxygen atoms in total. The van der Waals surface area contributed by atoms with Crippen molar-refractivity contribution in [3.8, 4) is 11.3 Å². The van der Waals surface area contributed by atoms with Gasteiger partial charge in [-0.3, -0.25) is 9.78 Å². The molecule has 4 aromatic rings. The third-order valence-electron chi connectivity index (χ3n) is 3.81. The number of pyridine rings is 1. The standard InChI is InChI=1S/C18H12N2O/c21-11-16-15-8-7-12-4-1-2-6-14(12)18(15)20-17(16)13-5-3-9-19-10-13/h1-11,20H. The molecule has 0 bridgehead atoms. The van der Waals surface area contributed by atoms with E-state index in [0.717, 1.165) is 39.2 Å². The molecule has 2 heterocycles. The summed E-state index contributed by atoms with van der Waals surface area (Å²) in [6.45, 7) is 0. The smallest absolute Gasteiger partial charge is 0.152 e. The fraction of sp³-hybridized carbons (Fsp3) is 0. The molecular formula is C18H12N2O. The summed E-state index contributed by atoms with van der Waals surface area (Å²) in [5, 5.41) is 3.22. The summed E-state index contributed by atoms with van der Waals surface area (Å²) in [7, 11) is 0. The van der Waals surface area contributed by atoms with Gasteiger partial charge in [-0.2, -0.15) is 0 Å². The first-order valence-electron chi connectivity index (χ1n) is 6.77. The monoisotopic (exact) mass is 272 g/mol. The van der Waals surface area contributed by atoms with Crippen molar-refractivity contribution in [3.63, 3.8) is 0 Å². The molecule has 2 aromatic carbocycles. The number of nitrogens with one attached hydrogen (secondary N) is 1. The Morgan fingerprint density at radius 3 is 2.67 bits per heavy atom. The zero-order valence-electron chi connectivity index (χ0n) is 11.2. The van der Waals surface area contributed by atoms with Gasteiger partial charge in [0.2, 0.25) is 0 Å². The van der Waals surface area contributed by atoms with Gasteiger partial charge < -0.3 is 4.98 Å². The number of rotatable bonds is 2. The maximum atomic E-state index is 11.6. The Kier molecular flexibility index (Phi) is 2.57.